The van der Waals surface area contributed by atoms with E-state index in [1.165, 1.54) is 0 Å². The quantitative estimate of drug-likeness (QED) is 0.710. The van der Waals surface area contributed by atoms with Gasteiger partial charge in [-0.2, -0.15) is 0 Å². The van der Waals surface area contributed by atoms with Crippen molar-refractivity contribution in [3.8, 4) is 0 Å². The number of hydrogen-bond acceptors (Lipinski definition) is 3. The molecule has 0 aliphatic carbocycles. The Bertz CT molecular complexity index is 418. The standard InChI is InChI=1S/C12H16N2O3/c1-2-9(13)12(17)14-10-6-4-3-5-8(10)7-11(15)16/h3-6,9H,2,7,13H2,1H3,(H,14,17)(H,15,16). The first kappa shape index (κ1) is 13.2. The molecule has 0 heterocycles. The smallest absolute Gasteiger partial charge is 0.307 e. The molecule has 0 aliphatic rings. The summed E-state index contributed by atoms with van der Waals surface area (Å²) in [4.78, 5) is 22.3. The molecular formula is C12H16N2O3. The van der Waals surface area contributed by atoms with Crippen LogP contribution in [0.15, 0.2) is 24.3 Å². The molecule has 0 saturated heterocycles. The highest BCUT2D eigenvalue weighted by atomic mass is 16.4. The Kier molecular flexibility index (Phi) is 4.66. The fourth-order valence-corrected chi connectivity index (χ4v) is 1.37. The van der Waals surface area contributed by atoms with Crippen LogP contribution in [0.2, 0.25) is 0 Å². The van der Waals surface area contributed by atoms with Crippen molar-refractivity contribution in [2.24, 2.45) is 5.73 Å². The molecule has 5 nitrogen and oxygen atoms in total. The number of carbonyl (C=O) groups excluding carboxylic acids is 1. The van der Waals surface area contributed by atoms with E-state index in [9.17, 15) is 9.59 Å². The summed E-state index contributed by atoms with van der Waals surface area (Å²) < 4.78 is 0. The zero-order valence-corrected chi connectivity index (χ0v) is 9.64. The van der Waals surface area contributed by atoms with Crippen molar-refractivity contribution >= 4 is 17.6 Å². The van der Waals surface area contributed by atoms with E-state index in [1.807, 2.05) is 6.92 Å². The second kappa shape index (κ2) is 6.00. The largest absolute Gasteiger partial charge is 0.481 e. The monoisotopic (exact) mass is 236 g/mol. The summed E-state index contributed by atoms with van der Waals surface area (Å²) >= 11 is 0. The van der Waals surface area contributed by atoms with Crippen LogP contribution >= 0.6 is 0 Å². The van der Waals surface area contributed by atoms with Crippen LogP contribution < -0.4 is 11.1 Å². The first-order chi connectivity index (χ1) is 8.04. The topological polar surface area (TPSA) is 92.4 Å². The zero-order chi connectivity index (χ0) is 12.8. The molecule has 0 bridgehead atoms. The van der Waals surface area contributed by atoms with Gasteiger partial charge in [-0.1, -0.05) is 25.1 Å². The number of carboxylic acid groups (broad SMARTS) is 1. The number of carboxylic acids is 1. The Morgan fingerprint density at radius 1 is 1.41 bits per heavy atom. The van der Waals surface area contributed by atoms with E-state index in [2.05, 4.69) is 5.32 Å². The van der Waals surface area contributed by atoms with Gasteiger partial charge in [-0.3, -0.25) is 9.59 Å². The first-order valence-corrected chi connectivity index (χ1v) is 5.40. The SMILES string of the molecule is CCC(N)C(=O)Nc1ccccc1CC(=O)O. The molecule has 1 atom stereocenters. The van der Waals surface area contributed by atoms with Gasteiger partial charge in [0.1, 0.15) is 0 Å². The normalized spacial score (nSPS) is 11.9. The van der Waals surface area contributed by atoms with Crippen LogP contribution in [0.25, 0.3) is 0 Å². The van der Waals surface area contributed by atoms with Gasteiger partial charge in [0.05, 0.1) is 12.5 Å². The van der Waals surface area contributed by atoms with Crippen molar-refractivity contribution in [3.05, 3.63) is 29.8 Å². The third kappa shape index (κ3) is 3.88. The van der Waals surface area contributed by atoms with Gasteiger partial charge in [-0.05, 0) is 18.1 Å². The molecule has 0 aliphatic heterocycles. The average molecular weight is 236 g/mol. The Balaban J connectivity index is 2.83. The van der Waals surface area contributed by atoms with Crippen molar-refractivity contribution in [2.45, 2.75) is 25.8 Å². The fourth-order valence-electron chi connectivity index (χ4n) is 1.37. The molecule has 0 fully saturated rings. The molecule has 1 amide bonds. The number of nitrogens with two attached hydrogens (primary N) is 1. The number of nitrogens with one attached hydrogen (secondary N) is 1. The molecule has 92 valence electrons. The van der Waals surface area contributed by atoms with Crippen LogP contribution in [-0.4, -0.2) is 23.0 Å². The lowest BCUT2D eigenvalue weighted by atomic mass is 10.1. The summed E-state index contributed by atoms with van der Waals surface area (Å²) in [5.74, 6) is -1.24. The number of hydrogen-bond donors (Lipinski definition) is 3. The molecule has 5 heteroatoms. The van der Waals surface area contributed by atoms with E-state index >= 15 is 0 Å². The van der Waals surface area contributed by atoms with Gasteiger partial charge in [-0.25, -0.2) is 0 Å². The lowest BCUT2D eigenvalue weighted by Crippen LogP contribution is -2.35. The van der Waals surface area contributed by atoms with E-state index in [1.54, 1.807) is 24.3 Å². The summed E-state index contributed by atoms with van der Waals surface area (Å²) in [7, 11) is 0. The third-order valence-electron chi connectivity index (χ3n) is 2.39. The average Bonchev–Trinajstić information content (AvgIpc) is 2.29. The van der Waals surface area contributed by atoms with Crippen LogP contribution in [0.5, 0.6) is 0 Å². The van der Waals surface area contributed by atoms with Gasteiger partial charge in [-0.15, -0.1) is 0 Å². The zero-order valence-electron chi connectivity index (χ0n) is 9.64. The predicted molar refractivity (Wildman–Crippen MR) is 64.7 cm³/mol. The number of amides is 1. The minimum absolute atomic E-state index is 0.127. The minimum Gasteiger partial charge on any atom is -0.481 e. The summed E-state index contributed by atoms with van der Waals surface area (Å²) in [6.45, 7) is 1.81. The summed E-state index contributed by atoms with van der Waals surface area (Å²) in [6.07, 6.45) is 0.407. The summed E-state index contributed by atoms with van der Waals surface area (Å²) in [6, 6.07) is 6.22. The van der Waals surface area contributed by atoms with Crippen LogP contribution in [0.1, 0.15) is 18.9 Å². The second-order valence-electron chi connectivity index (χ2n) is 3.73. The lowest BCUT2D eigenvalue weighted by Gasteiger charge is -2.12. The van der Waals surface area contributed by atoms with E-state index < -0.39 is 12.0 Å². The Morgan fingerprint density at radius 3 is 2.65 bits per heavy atom. The number of rotatable bonds is 5. The maximum Gasteiger partial charge on any atom is 0.307 e. The van der Waals surface area contributed by atoms with Gasteiger partial charge < -0.3 is 16.2 Å². The molecule has 4 N–H and O–H groups in total. The Hall–Kier alpha value is -1.88. The van der Waals surface area contributed by atoms with E-state index in [4.69, 9.17) is 10.8 Å². The molecule has 1 aromatic rings. The van der Waals surface area contributed by atoms with Crippen molar-refractivity contribution in [3.63, 3.8) is 0 Å². The summed E-state index contributed by atoms with van der Waals surface area (Å²) in [5, 5.41) is 11.4. The van der Waals surface area contributed by atoms with Crippen LogP contribution in [-0.2, 0) is 16.0 Å². The predicted octanol–water partition coefficient (Wildman–Crippen LogP) is 0.989. The van der Waals surface area contributed by atoms with E-state index in [0.29, 0.717) is 17.7 Å². The van der Waals surface area contributed by atoms with Crippen molar-refractivity contribution in [1.29, 1.82) is 0 Å². The number of anilines is 1. The molecule has 0 saturated carbocycles. The third-order valence-corrected chi connectivity index (χ3v) is 2.39. The lowest BCUT2D eigenvalue weighted by molar-refractivity contribution is -0.136. The summed E-state index contributed by atoms with van der Waals surface area (Å²) in [5.41, 5.74) is 6.66. The molecule has 1 unspecified atom stereocenters. The first-order valence-electron chi connectivity index (χ1n) is 5.40. The highest BCUT2D eigenvalue weighted by Gasteiger charge is 2.13. The van der Waals surface area contributed by atoms with Gasteiger partial charge in [0.15, 0.2) is 0 Å². The Morgan fingerprint density at radius 2 is 2.06 bits per heavy atom. The number of benzene rings is 1. The van der Waals surface area contributed by atoms with Crippen molar-refractivity contribution in [2.75, 3.05) is 5.32 Å². The van der Waals surface area contributed by atoms with Crippen molar-refractivity contribution < 1.29 is 14.7 Å². The fraction of sp³-hybridized carbons (Fsp3) is 0.333. The molecule has 17 heavy (non-hydrogen) atoms. The number of para-hydroxylation sites is 1. The number of carbonyl (C=O) groups is 2. The van der Waals surface area contributed by atoms with Gasteiger partial charge in [0.2, 0.25) is 5.91 Å². The van der Waals surface area contributed by atoms with E-state index in [-0.39, 0.29) is 12.3 Å². The molecule has 0 aromatic heterocycles. The number of aliphatic carboxylic acids is 1. The van der Waals surface area contributed by atoms with Crippen molar-refractivity contribution in [1.82, 2.24) is 0 Å². The van der Waals surface area contributed by atoms with Gasteiger partial charge in [0, 0.05) is 5.69 Å². The highest BCUT2D eigenvalue weighted by molar-refractivity contribution is 5.95. The van der Waals surface area contributed by atoms with Crippen LogP contribution in [0, 0.1) is 0 Å². The maximum absolute atomic E-state index is 11.6. The second-order valence-corrected chi connectivity index (χ2v) is 3.73. The Labute approximate surface area is 99.6 Å². The molecule has 0 spiro atoms. The van der Waals surface area contributed by atoms with Gasteiger partial charge in [0.25, 0.3) is 0 Å². The highest BCUT2D eigenvalue weighted by Crippen LogP contribution is 2.16. The van der Waals surface area contributed by atoms with Crippen LogP contribution in [0.4, 0.5) is 5.69 Å². The van der Waals surface area contributed by atoms with Crippen LogP contribution in [0.3, 0.4) is 0 Å². The minimum atomic E-state index is -0.938. The van der Waals surface area contributed by atoms with E-state index in [0.717, 1.165) is 0 Å². The maximum atomic E-state index is 11.6. The molecule has 1 aromatic carbocycles. The molecule has 1 rings (SSSR count). The molecular weight excluding hydrogens is 220 g/mol. The van der Waals surface area contributed by atoms with Gasteiger partial charge >= 0.3 is 5.97 Å². The molecule has 0 radical (unpaired) electrons.